The number of halogens is 1. The second-order valence-corrected chi connectivity index (χ2v) is 8.49. The summed E-state index contributed by atoms with van der Waals surface area (Å²) in [7, 11) is 0. The van der Waals surface area contributed by atoms with E-state index >= 15 is 0 Å². The maximum atomic E-state index is 13.3. The summed E-state index contributed by atoms with van der Waals surface area (Å²) < 4.78 is 11.3. The van der Waals surface area contributed by atoms with Gasteiger partial charge in [-0.05, 0) is 62.9 Å². The molecule has 1 unspecified atom stereocenters. The van der Waals surface area contributed by atoms with E-state index in [0.29, 0.717) is 42.7 Å². The van der Waals surface area contributed by atoms with E-state index < -0.39 is 6.04 Å². The predicted molar refractivity (Wildman–Crippen MR) is 136 cm³/mol. The topological polar surface area (TPSA) is 67.9 Å². The van der Waals surface area contributed by atoms with Gasteiger partial charge in [0.1, 0.15) is 6.04 Å². The van der Waals surface area contributed by atoms with Gasteiger partial charge in [0, 0.05) is 24.5 Å². The van der Waals surface area contributed by atoms with Gasteiger partial charge < -0.3 is 19.7 Å². The molecule has 186 valence electrons. The fourth-order valence-corrected chi connectivity index (χ4v) is 3.77. The Balaban J connectivity index is 2.16. The molecule has 0 saturated heterocycles. The van der Waals surface area contributed by atoms with Crippen molar-refractivity contribution < 1.29 is 19.1 Å². The van der Waals surface area contributed by atoms with Crippen molar-refractivity contribution in [2.24, 2.45) is 0 Å². The number of unbranched alkanes of at least 4 members (excludes halogenated alkanes) is 1. The fourth-order valence-electron chi connectivity index (χ4n) is 3.57. The first-order valence-corrected chi connectivity index (χ1v) is 12.5. The predicted octanol–water partition coefficient (Wildman–Crippen LogP) is 5.40. The van der Waals surface area contributed by atoms with E-state index in [1.54, 1.807) is 17.9 Å². The molecule has 0 aliphatic heterocycles. The molecule has 0 aliphatic carbocycles. The van der Waals surface area contributed by atoms with Crippen LogP contribution in [0.15, 0.2) is 42.5 Å². The molecular formula is C27H37ClN2O4. The molecule has 0 saturated carbocycles. The monoisotopic (exact) mass is 488 g/mol. The summed E-state index contributed by atoms with van der Waals surface area (Å²) in [5.41, 5.74) is 1.78. The molecular weight excluding hydrogens is 452 g/mol. The van der Waals surface area contributed by atoms with E-state index in [1.807, 2.05) is 50.2 Å². The minimum atomic E-state index is -0.611. The van der Waals surface area contributed by atoms with Gasteiger partial charge in [0.2, 0.25) is 11.8 Å². The third-order valence-corrected chi connectivity index (χ3v) is 5.90. The second-order valence-electron chi connectivity index (χ2n) is 8.08. The molecule has 2 aromatic rings. The maximum absolute atomic E-state index is 13.3. The van der Waals surface area contributed by atoms with Crippen LogP contribution in [-0.4, -0.2) is 42.5 Å². The minimum absolute atomic E-state index is 0.107. The van der Waals surface area contributed by atoms with Crippen molar-refractivity contribution in [3.63, 3.8) is 0 Å². The largest absolute Gasteiger partial charge is 0.490 e. The first kappa shape index (κ1) is 27.5. The third kappa shape index (κ3) is 8.24. The van der Waals surface area contributed by atoms with Crippen LogP contribution in [0.25, 0.3) is 0 Å². The van der Waals surface area contributed by atoms with E-state index in [2.05, 4.69) is 12.2 Å². The highest BCUT2D eigenvalue weighted by Gasteiger charge is 2.26. The average molecular weight is 489 g/mol. The number of aryl methyl sites for hydroxylation is 1. The molecule has 0 heterocycles. The van der Waals surface area contributed by atoms with Gasteiger partial charge in [-0.2, -0.15) is 0 Å². The summed E-state index contributed by atoms with van der Waals surface area (Å²) in [5.74, 6) is 1.10. The Kier molecular flexibility index (Phi) is 11.7. The average Bonchev–Trinajstić information content (AvgIpc) is 2.83. The molecule has 2 rings (SSSR count). The van der Waals surface area contributed by atoms with Gasteiger partial charge in [-0.3, -0.25) is 9.59 Å². The molecule has 2 aromatic carbocycles. The van der Waals surface area contributed by atoms with Gasteiger partial charge >= 0.3 is 0 Å². The highest BCUT2D eigenvalue weighted by atomic mass is 35.5. The summed E-state index contributed by atoms with van der Waals surface area (Å²) in [6.07, 6.45) is 2.67. The number of hydrogen-bond donors (Lipinski definition) is 1. The van der Waals surface area contributed by atoms with Crippen molar-refractivity contribution in [1.82, 2.24) is 10.2 Å². The van der Waals surface area contributed by atoms with Gasteiger partial charge in [-0.1, -0.05) is 49.2 Å². The van der Waals surface area contributed by atoms with Crippen LogP contribution in [0, 0.1) is 0 Å². The Hall–Kier alpha value is -2.73. The van der Waals surface area contributed by atoms with Crippen LogP contribution in [0.1, 0.15) is 58.1 Å². The lowest BCUT2D eigenvalue weighted by atomic mass is 10.1. The number of rotatable bonds is 14. The molecule has 0 radical (unpaired) electrons. The Morgan fingerprint density at radius 1 is 1.03 bits per heavy atom. The quantitative estimate of drug-likeness (QED) is 0.361. The number of hydrogen-bond acceptors (Lipinski definition) is 4. The summed E-state index contributed by atoms with van der Waals surface area (Å²) in [6, 6.07) is 12.5. The van der Waals surface area contributed by atoms with Crippen LogP contribution >= 0.6 is 11.6 Å². The normalized spacial score (nSPS) is 11.6. The number of carbonyl (C=O) groups excluding carboxylic acids is 2. The zero-order valence-corrected chi connectivity index (χ0v) is 21.5. The van der Waals surface area contributed by atoms with Crippen LogP contribution < -0.4 is 14.8 Å². The van der Waals surface area contributed by atoms with Crippen LogP contribution in [-0.2, 0) is 22.6 Å². The van der Waals surface area contributed by atoms with Gasteiger partial charge in [0.05, 0.1) is 13.2 Å². The Labute approximate surface area is 208 Å². The lowest BCUT2D eigenvalue weighted by Crippen LogP contribution is -2.47. The van der Waals surface area contributed by atoms with Gasteiger partial charge in [0.25, 0.3) is 0 Å². The zero-order chi connectivity index (χ0) is 24.9. The first-order valence-electron chi connectivity index (χ1n) is 12.1. The van der Waals surface area contributed by atoms with E-state index in [-0.39, 0.29) is 24.8 Å². The Bertz CT molecular complexity index is 935. The highest BCUT2D eigenvalue weighted by molar-refractivity contribution is 6.31. The van der Waals surface area contributed by atoms with Crippen molar-refractivity contribution >= 4 is 23.4 Å². The SMILES string of the molecule is CCCCNC(=O)C(C)N(Cc1ccccc1Cl)C(=O)CCc1ccc(OCC)c(OCC)c1. The minimum Gasteiger partial charge on any atom is -0.490 e. The van der Waals surface area contributed by atoms with Crippen LogP contribution in [0.3, 0.4) is 0 Å². The van der Waals surface area contributed by atoms with Crippen LogP contribution in [0.4, 0.5) is 0 Å². The lowest BCUT2D eigenvalue weighted by molar-refractivity contribution is -0.140. The molecule has 1 N–H and O–H groups in total. The van der Waals surface area contributed by atoms with E-state index in [0.717, 1.165) is 24.0 Å². The molecule has 2 amide bonds. The molecule has 34 heavy (non-hydrogen) atoms. The summed E-state index contributed by atoms with van der Waals surface area (Å²) >= 11 is 6.36. The molecule has 0 aromatic heterocycles. The zero-order valence-electron chi connectivity index (χ0n) is 20.7. The standard InChI is InChI=1S/C27H37ClN2O4/c1-5-8-17-29-27(32)20(4)30(19-22-11-9-10-12-23(22)28)26(31)16-14-21-13-15-24(33-6-2)25(18-21)34-7-3/h9-13,15,18,20H,5-8,14,16-17,19H2,1-4H3,(H,29,32). The van der Waals surface area contributed by atoms with Crippen LogP contribution in [0.5, 0.6) is 11.5 Å². The van der Waals surface area contributed by atoms with Crippen molar-refractivity contribution in [3.05, 3.63) is 58.6 Å². The van der Waals surface area contributed by atoms with Gasteiger partial charge in [-0.15, -0.1) is 0 Å². The number of ether oxygens (including phenoxy) is 2. The molecule has 0 fully saturated rings. The van der Waals surface area contributed by atoms with Crippen molar-refractivity contribution in [1.29, 1.82) is 0 Å². The van der Waals surface area contributed by atoms with Crippen molar-refractivity contribution in [2.45, 2.75) is 66.0 Å². The van der Waals surface area contributed by atoms with E-state index in [4.69, 9.17) is 21.1 Å². The molecule has 1 atom stereocenters. The Morgan fingerprint density at radius 2 is 1.74 bits per heavy atom. The molecule has 0 aliphatic rings. The van der Waals surface area contributed by atoms with E-state index in [9.17, 15) is 9.59 Å². The summed E-state index contributed by atoms with van der Waals surface area (Å²) in [5, 5.41) is 3.51. The molecule has 0 bridgehead atoms. The second kappa shape index (κ2) is 14.5. The highest BCUT2D eigenvalue weighted by Crippen LogP contribution is 2.29. The molecule has 7 heteroatoms. The summed E-state index contributed by atoms with van der Waals surface area (Å²) in [6.45, 7) is 9.63. The number of nitrogens with one attached hydrogen (secondary N) is 1. The first-order chi connectivity index (χ1) is 16.4. The smallest absolute Gasteiger partial charge is 0.242 e. The number of amides is 2. The molecule has 0 spiro atoms. The Morgan fingerprint density at radius 3 is 2.41 bits per heavy atom. The number of nitrogens with zero attached hydrogens (tertiary/aromatic N) is 1. The number of carbonyl (C=O) groups is 2. The van der Waals surface area contributed by atoms with Gasteiger partial charge in [-0.25, -0.2) is 0 Å². The van der Waals surface area contributed by atoms with Crippen LogP contribution in [0.2, 0.25) is 5.02 Å². The fraction of sp³-hybridized carbons (Fsp3) is 0.481. The lowest BCUT2D eigenvalue weighted by Gasteiger charge is -2.29. The van der Waals surface area contributed by atoms with Crippen molar-refractivity contribution in [2.75, 3.05) is 19.8 Å². The maximum Gasteiger partial charge on any atom is 0.242 e. The third-order valence-electron chi connectivity index (χ3n) is 5.53. The van der Waals surface area contributed by atoms with Crippen molar-refractivity contribution in [3.8, 4) is 11.5 Å². The number of benzene rings is 2. The van der Waals surface area contributed by atoms with E-state index in [1.165, 1.54) is 0 Å². The van der Waals surface area contributed by atoms with Gasteiger partial charge in [0.15, 0.2) is 11.5 Å². The summed E-state index contributed by atoms with van der Waals surface area (Å²) in [4.78, 5) is 27.7. The molecule has 6 nitrogen and oxygen atoms in total.